The largest absolute Gasteiger partial charge is 0.496 e. The second kappa shape index (κ2) is 10.0. The summed E-state index contributed by atoms with van der Waals surface area (Å²) in [6.07, 6.45) is 8.54. The maximum atomic E-state index is 11.7. The highest BCUT2D eigenvalue weighted by molar-refractivity contribution is 5.72. The summed E-state index contributed by atoms with van der Waals surface area (Å²) in [6, 6.07) is 18.6. The molecule has 6 nitrogen and oxygen atoms in total. The molecular formula is C27H26N2O4. The van der Waals surface area contributed by atoms with E-state index in [1.165, 1.54) is 0 Å². The van der Waals surface area contributed by atoms with Crippen LogP contribution >= 0.6 is 0 Å². The van der Waals surface area contributed by atoms with Gasteiger partial charge in [-0.05, 0) is 42.8 Å². The van der Waals surface area contributed by atoms with Crippen molar-refractivity contribution >= 4 is 12.0 Å². The van der Waals surface area contributed by atoms with Crippen LogP contribution in [0.2, 0.25) is 0 Å². The zero-order valence-corrected chi connectivity index (χ0v) is 18.6. The van der Waals surface area contributed by atoms with Crippen LogP contribution in [0.4, 0.5) is 0 Å². The molecule has 1 N–H and O–H groups in total. The molecule has 0 saturated carbocycles. The van der Waals surface area contributed by atoms with Gasteiger partial charge >= 0.3 is 5.97 Å². The number of methoxy groups -OCH3 is 1. The number of oxazole rings is 1. The Hall–Kier alpha value is -4.06. The van der Waals surface area contributed by atoms with E-state index < -0.39 is 12.0 Å². The van der Waals surface area contributed by atoms with Crippen molar-refractivity contribution in [2.75, 3.05) is 7.11 Å². The lowest BCUT2D eigenvalue weighted by atomic mass is 10.0. The van der Waals surface area contributed by atoms with Crippen molar-refractivity contribution in [3.63, 3.8) is 0 Å². The molecule has 0 aliphatic rings. The molecule has 0 aliphatic carbocycles. The number of carboxylic acids is 1. The summed E-state index contributed by atoms with van der Waals surface area (Å²) >= 11 is 0. The summed E-state index contributed by atoms with van der Waals surface area (Å²) in [4.78, 5) is 16.4. The number of hydrogen-bond acceptors (Lipinski definition) is 4. The molecule has 0 spiro atoms. The Balaban J connectivity index is 1.47. The summed E-state index contributed by atoms with van der Waals surface area (Å²) < 4.78 is 13.1. The molecule has 4 aromatic rings. The maximum absolute atomic E-state index is 11.7. The molecule has 6 heteroatoms. The van der Waals surface area contributed by atoms with Gasteiger partial charge in [0, 0.05) is 36.4 Å². The predicted octanol–water partition coefficient (Wildman–Crippen LogP) is 5.58. The molecule has 0 fully saturated rings. The number of ether oxygens (including phenoxy) is 1. The highest BCUT2D eigenvalue weighted by Gasteiger charge is 2.19. The van der Waals surface area contributed by atoms with Gasteiger partial charge in [0.15, 0.2) is 0 Å². The second-order valence-electron chi connectivity index (χ2n) is 7.76. The number of carbonyl (C=O) groups is 1. The number of allylic oxidation sites excluding steroid dienone is 1. The minimum atomic E-state index is -0.869. The van der Waals surface area contributed by atoms with Gasteiger partial charge in [-0.25, -0.2) is 9.78 Å². The van der Waals surface area contributed by atoms with Crippen LogP contribution < -0.4 is 4.74 Å². The van der Waals surface area contributed by atoms with Crippen molar-refractivity contribution in [3.05, 3.63) is 102 Å². The topological polar surface area (TPSA) is 77.5 Å². The summed E-state index contributed by atoms with van der Waals surface area (Å²) in [7, 11) is 1.62. The van der Waals surface area contributed by atoms with Gasteiger partial charge in [0.25, 0.3) is 0 Å². The Labute approximate surface area is 192 Å². The van der Waals surface area contributed by atoms with Crippen LogP contribution in [0.3, 0.4) is 0 Å². The Morgan fingerprint density at radius 1 is 1.15 bits per heavy atom. The number of benzene rings is 2. The van der Waals surface area contributed by atoms with Crippen LogP contribution in [0, 0.1) is 6.92 Å². The highest BCUT2D eigenvalue weighted by atomic mass is 16.5. The number of aryl methyl sites for hydroxylation is 1. The van der Waals surface area contributed by atoms with Crippen LogP contribution in [-0.4, -0.2) is 27.7 Å². The minimum absolute atomic E-state index is 0.366. The van der Waals surface area contributed by atoms with Crippen LogP contribution in [-0.2, 0) is 17.6 Å². The molecule has 2 heterocycles. The first-order valence-corrected chi connectivity index (χ1v) is 10.8. The highest BCUT2D eigenvalue weighted by Crippen LogP contribution is 2.26. The summed E-state index contributed by atoms with van der Waals surface area (Å²) in [5, 5.41) is 9.63. The lowest BCUT2D eigenvalue weighted by Crippen LogP contribution is -2.20. The van der Waals surface area contributed by atoms with E-state index >= 15 is 0 Å². The fourth-order valence-corrected chi connectivity index (χ4v) is 3.74. The number of carboxylic acid groups (broad SMARTS) is 1. The van der Waals surface area contributed by atoms with Gasteiger partial charge in [-0.2, -0.15) is 0 Å². The summed E-state index contributed by atoms with van der Waals surface area (Å²) in [5.41, 5.74) is 3.65. The standard InChI is InChI=1S/C27H26N2O4/c1-19-23(28-26(33-19)22-9-4-3-5-10-22)12-8-11-21-14-13-20(18-25(21)32-2)17-24(27(30)31)29-15-6-7-16-29/h3-11,13-16,18,24H,12,17H2,1-2H3,(H,30,31)/b11-8+. The average molecular weight is 443 g/mol. The van der Waals surface area contributed by atoms with Crippen molar-refractivity contribution in [2.24, 2.45) is 0 Å². The van der Waals surface area contributed by atoms with Crippen molar-refractivity contribution in [2.45, 2.75) is 25.8 Å². The molecule has 2 aromatic heterocycles. The quantitative estimate of drug-likeness (QED) is 0.366. The fourth-order valence-electron chi connectivity index (χ4n) is 3.74. The molecule has 0 bridgehead atoms. The monoisotopic (exact) mass is 442 g/mol. The molecule has 168 valence electrons. The molecular weight excluding hydrogens is 416 g/mol. The lowest BCUT2D eigenvalue weighted by Gasteiger charge is -2.15. The first-order valence-electron chi connectivity index (χ1n) is 10.8. The number of aliphatic carboxylic acids is 1. The van der Waals surface area contributed by atoms with E-state index in [0.717, 1.165) is 28.1 Å². The number of aromatic nitrogens is 2. The van der Waals surface area contributed by atoms with Gasteiger partial charge in [-0.3, -0.25) is 0 Å². The van der Waals surface area contributed by atoms with Crippen LogP contribution in [0.15, 0.2) is 83.6 Å². The summed E-state index contributed by atoms with van der Waals surface area (Å²) in [5.74, 6) is 1.24. The molecule has 0 saturated heterocycles. The molecule has 0 aliphatic heterocycles. The van der Waals surface area contributed by atoms with Gasteiger partial charge in [-0.15, -0.1) is 0 Å². The van der Waals surface area contributed by atoms with E-state index in [2.05, 4.69) is 4.98 Å². The lowest BCUT2D eigenvalue weighted by molar-refractivity contribution is -0.140. The van der Waals surface area contributed by atoms with Gasteiger partial charge in [-0.1, -0.05) is 42.5 Å². The average Bonchev–Trinajstić information content (AvgIpc) is 3.48. The SMILES string of the molecule is COc1cc(CC(C(=O)O)n2cccc2)ccc1/C=C/Cc1nc(-c2ccccc2)oc1C. The maximum Gasteiger partial charge on any atom is 0.327 e. The Morgan fingerprint density at radius 2 is 1.91 bits per heavy atom. The predicted molar refractivity (Wildman–Crippen MR) is 127 cm³/mol. The third-order valence-electron chi connectivity index (χ3n) is 5.52. The molecule has 2 aromatic carbocycles. The number of hydrogen-bond donors (Lipinski definition) is 1. The zero-order chi connectivity index (χ0) is 23.2. The molecule has 0 radical (unpaired) electrons. The van der Waals surface area contributed by atoms with E-state index in [4.69, 9.17) is 9.15 Å². The fraction of sp³-hybridized carbons (Fsp3) is 0.185. The Morgan fingerprint density at radius 3 is 2.61 bits per heavy atom. The molecule has 33 heavy (non-hydrogen) atoms. The van der Waals surface area contributed by atoms with E-state index in [1.54, 1.807) is 24.1 Å². The van der Waals surface area contributed by atoms with Gasteiger partial charge in [0.1, 0.15) is 17.6 Å². The molecule has 0 amide bonds. The Bertz CT molecular complexity index is 1240. The van der Waals surface area contributed by atoms with E-state index in [-0.39, 0.29) is 0 Å². The van der Waals surface area contributed by atoms with E-state index in [9.17, 15) is 9.90 Å². The van der Waals surface area contributed by atoms with Crippen molar-refractivity contribution in [1.29, 1.82) is 0 Å². The van der Waals surface area contributed by atoms with Crippen molar-refractivity contribution in [3.8, 4) is 17.2 Å². The molecule has 4 rings (SSSR count). The molecule has 1 unspecified atom stereocenters. The number of nitrogens with zero attached hydrogens (tertiary/aromatic N) is 2. The van der Waals surface area contributed by atoms with Gasteiger partial charge < -0.3 is 18.8 Å². The summed E-state index contributed by atoms with van der Waals surface area (Å²) in [6.45, 7) is 1.92. The number of rotatable bonds is 9. The second-order valence-corrected chi connectivity index (χ2v) is 7.76. The molecule has 1 atom stereocenters. The minimum Gasteiger partial charge on any atom is -0.496 e. The van der Waals surface area contributed by atoms with E-state index in [1.807, 2.05) is 79.7 Å². The van der Waals surface area contributed by atoms with Gasteiger partial charge in [0.05, 0.1) is 12.8 Å². The van der Waals surface area contributed by atoms with E-state index in [0.29, 0.717) is 24.5 Å². The third-order valence-corrected chi connectivity index (χ3v) is 5.52. The van der Waals surface area contributed by atoms with Crippen LogP contribution in [0.5, 0.6) is 5.75 Å². The normalized spacial score (nSPS) is 12.2. The first kappa shape index (κ1) is 22.1. The van der Waals surface area contributed by atoms with Gasteiger partial charge in [0.2, 0.25) is 5.89 Å². The Kier molecular flexibility index (Phi) is 6.74. The zero-order valence-electron chi connectivity index (χ0n) is 18.6. The first-order chi connectivity index (χ1) is 16.0. The van der Waals surface area contributed by atoms with Crippen molar-refractivity contribution in [1.82, 2.24) is 9.55 Å². The third kappa shape index (κ3) is 5.23. The van der Waals surface area contributed by atoms with Crippen LogP contribution in [0.1, 0.15) is 28.6 Å². The van der Waals surface area contributed by atoms with Crippen molar-refractivity contribution < 1.29 is 19.1 Å². The smallest absolute Gasteiger partial charge is 0.327 e. The van der Waals surface area contributed by atoms with Crippen LogP contribution in [0.25, 0.3) is 17.5 Å².